The molecule has 0 aliphatic carbocycles. The minimum atomic E-state index is 0.0248. The van der Waals surface area contributed by atoms with Crippen LogP contribution in [0.25, 0.3) is 0 Å². The molecule has 2 aromatic rings. The predicted molar refractivity (Wildman–Crippen MR) is 77.6 cm³/mol. The van der Waals surface area contributed by atoms with Crippen LogP contribution in [-0.4, -0.2) is 36.3 Å². The molecule has 112 valence electrons. The van der Waals surface area contributed by atoms with Gasteiger partial charge >= 0.3 is 0 Å². The van der Waals surface area contributed by atoms with Crippen molar-refractivity contribution in [3.63, 3.8) is 0 Å². The third-order valence-electron chi connectivity index (χ3n) is 3.43. The molecule has 1 aliphatic heterocycles. The number of rotatable bonds is 4. The van der Waals surface area contributed by atoms with E-state index < -0.39 is 0 Å². The number of aryl methyl sites for hydroxylation is 1. The van der Waals surface area contributed by atoms with Crippen LogP contribution in [-0.2, 0) is 4.74 Å². The van der Waals surface area contributed by atoms with Crippen LogP contribution in [0.5, 0.6) is 5.88 Å². The first-order chi connectivity index (χ1) is 10.3. The molecule has 1 saturated heterocycles. The van der Waals surface area contributed by atoms with Gasteiger partial charge < -0.3 is 18.8 Å². The van der Waals surface area contributed by atoms with Crippen LogP contribution in [0, 0.1) is 6.92 Å². The summed E-state index contributed by atoms with van der Waals surface area (Å²) in [6.45, 7) is 6.47. The highest BCUT2D eigenvalue weighted by molar-refractivity contribution is 5.44. The van der Waals surface area contributed by atoms with Crippen LogP contribution in [0.15, 0.2) is 28.9 Å². The number of hydrogen-bond donors (Lipinski definition) is 0. The van der Waals surface area contributed by atoms with E-state index in [-0.39, 0.29) is 6.04 Å². The van der Waals surface area contributed by atoms with Crippen molar-refractivity contribution in [1.29, 1.82) is 0 Å². The largest absolute Gasteiger partial charge is 0.478 e. The Kier molecular flexibility index (Phi) is 4.06. The average molecular weight is 289 g/mol. The smallest absolute Gasteiger partial charge is 0.218 e. The zero-order valence-electron chi connectivity index (χ0n) is 12.3. The van der Waals surface area contributed by atoms with Gasteiger partial charge in [0.25, 0.3) is 0 Å². The van der Waals surface area contributed by atoms with E-state index in [0.717, 1.165) is 23.9 Å². The summed E-state index contributed by atoms with van der Waals surface area (Å²) in [5.41, 5.74) is 0. The molecule has 2 aromatic heterocycles. The molecule has 0 spiro atoms. The number of aromatic nitrogens is 2. The number of nitrogens with zero attached hydrogens (tertiary/aromatic N) is 3. The summed E-state index contributed by atoms with van der Waals surface area (Å²) in [7, 11) is 0. The summed E-state index contributed by atoms with van der Waals surface area (Å²) in [6.07, 6.45) is 1.53. The zero-order chi connectivity index (χ0) is 14.7. The summed E-state index contributed by atoms with van der Waals surface area (Å²) in [6, 6.07) is 5.84. The number of anilines is 1. The van der Waals surface area contributed by atoms with E-state index in [1.807, 2.05) is 32.0 Å². The van der Waals surface area contributed by atoms with Crippen molar-refractivity contribution in [2.24, 2.45) is 0 Å². The molecular weight excluding hydrogens is 270 g/mol. The van der Waals surface area contributed by atoms with Gasteiger partial charge in [0.05, 0.1) is 19.8 Å². The number of ether oxygens (including phenoxy) is 2. The van der Waals surface area contributed by atoms with Gasteiger partial charge in [0, 0.05) is 12.6 Å². The Bertz CT molecular complexity index is 599. The SMILES string of the molecule is CCOc1cc(N2CCOCC2c2ccc(C)o2)ncn1. The predicted octanol–water partition coefficient (Wildman–Crippen LogP) is 2.35. The van der Waals surface area contributed by atoms with Crippen molar-refractivity contribution in [2.75, 3.05) is 31.3 Å². The van der Waals surface area contributed by atoms with E-state index in [0.29, 0.717) is 25.7 Å². The number of furan rings is 1. The Labute approximate surface area is 123 Å². The molecular formula is C15H19N3O3. The topological polar surface area (TPSA) is 60.6 Å². The first kappa shape index (κ1) is 13.9. The third-order valence-corrected chi connectivity index (χ3v) is 3.43. The Hall–Kier alpha value is -2.08. The van der Waals surface area contributed by atoms with Gasteiger partial charge in [-0.15, -0.1) is 0 Å². The van der Waals surface area contributed by atoms with E-state index in [1.165, 1.54) is 6.33 Å². The molecule has 0 bridgehead atoms. The maximum atomic E-state index is 5.76. The minimum Gasteiger partial charge on any atom is -0.478 e. The first-order valence-corrected chi connectivity index (χ1v) is 7.13. The van der Waals surface area contributed by atoms with Gasteiger partial charge in [-0.05, 0) is 26.0 Å². The van der Waals surface area contributed by atoms with Crippen LogP contribution in [0.2, 0.25) is 0 Å². The number of hydrogen-bond acceptors (Lipinski definition) is 6. The van der Waals surface area contributed by atoms with E-state index in [4.69, 9.17) is 13.9 Å². The molecule has 0 N–H and O–H groups in total. The summed E-state index contributed by atoms with van der Waals surface area (Å²) < 4.78 is 16.8. The summed E-state index contributed by atoms with van der Waals surface area (Å²) in [5, 5.41) is 0. The number of morpholine rings is 1. The third kappa shape index (κ3) is 3.00. The van der Waals surface area contributed by atoms with Crippen molar-refractivity contribution in [3.05, 3.63) is 36.0 Å². The average Bonchev–Trinajstić information content (AvgIpc) is 2.94. The fourth-order valence-corrected chi connectivity index (χ4v) is 2.46. The standard InChI is InChI=1S/C15H19N3O3/c1-3-20-15-8-14(16-10-17-15)18-6-7-19-9-12(18)13-5-4-11(2)21-13/h4-5,8,10,12H,3,6-7,9H2,1-2H3. The summed E-state index contributed by atoms with van der Waals surface area (Å²) >= 11 is 0. The molecule has 3 heterocycles. The molecule has 0 radical (unpaired) electrons. The molecule has 1 unspecified atom stereocenters. The van der Waals surface area contributed by atoms with Crippen molar-refractivity contribution in [3.8, 4) is 5.88 Å². The molecule has 0 aromatic carbocycles. The lowest BCUT2D eigenvalue weighted by Crippen LogP contribution is -2.40. The Morgan fingerprint density at radius 3 is 3.05 bits per heavy atom. The van der Waals surface area contributed by atoms with Gasteiger partial charge in [0.1, 0.15) is 29.7 Å². The molecule has 6 heteroatoms. The molecule has 6 nitrogen and oxygen atoms in total. The Morgan fingerprint density at radius 1 is 1.38 bits per heavy atom. The van der Waals surface area contributed by atoms with Crippen LogP contribution < -0.4 is 9.64 Å². The van der Waals surface area contributed by atoms with E-state index in [9.17, 15) is 0 Å². The van der Waals surface area contributed by atoms with E-state index in [1.54, 1.807) is 0 Å². The van der Waals surface area contributed by atoms with Gasteiger partial charge in [0.15, 0.2) is 0 Å². The maximum absolute atomic E-state index is 5.76. The van der Waals surface area contributed by atoms with Crippen LogP contribution >= 0.6 is 0 Å². The van der Waals surface area contributed by atoms with Crippen LogP contribution in [0.4, 0.5) is 5.82 Å². The molecule has 0 saturated carbocycles. The fraction of sp³-hybridized carbons (Fsp3) is 0.467. The van der Waals surface area contributed by atoms with Gasteiger partial charge in [0.2, 0.25) is 5.88 Å². The quantitative estimate of drug-likeness (QED) is 0.861. The molecule has 1 aliphatic rings. The zero-order valence-corrected chi connectivity index (χ0v) is 12.3. The highest BCUT2D eigenvalue weighted by atomic mass is 16.5. The summed E-state index contributed by atoms with van der Waals surface area (Å²) in [5.74, 6) is 3.20. The summed E-state index contributed by atoms with van der Waals surface area (Å²) in [4.78, 5) is 10.6. The molecule has 1 atom stereocenters. The van der Waals surface area contributed by atoms with Crippen molar-refractivity contribution in [2.45, 2.75) is 19.9 Å². The molecule has 3 rings (SSSR count). The molecule has 21 heavy (non-hydrogen) atoms. The Balaban J connectivity index is 1.88. The highest BCUT2D eigenvalue weighted by Crippen LogP contribution is 2.30. The van der Waals surface area contributed by atoms with Crippen molar-refractivity contribution in [1.82, 2.24) is 9.97 Å². The van der Waals surface area contributed by atoms with Crippen molar-refractivity contribution >= 4 is 5.82 Å². The normalized spacial score (nSPS) is 18.8. The monoisotopic (exact) mass is 289 g/mol. The molecule has 1 fully saturated rings. The second-order valence-corrected chi connectivity index (χ2v) is 4.88. The van der Waals surface area contributed by atoms with Crippen LogP contribution in [0.1, 0.15) is 24.5 Å². The highest BCUT2D eigenvalue weighted by Gasteiger charge is 2.28. The lowest BCUT2D eigenvalue weighted by molar-refractivity contribution is 0.0869. The van der Waals surface area contributed by atoms with Gasteiger partial charge in [-0.1, -0.05) is 0 Å². The first-order valence-electron chi connectivity index (χ1n) is 7.13. The Morgan fingerprint density at radius 2 is 2.29 bits per heavy atom. The lowest BCUT2D eigenvalue weighted by atomic mass is 10.1. The van der Waals surface area contributed by atoms with Gasteiger partial charge in [-0.3, -0.25) is 0 Å². The maximum Gasteiger partial charge on any atom is 0.218 e. The van der Waals surface area contributed by atoms with Crippen LogP contribution in [0.3, 0.4) is 0 Å². The van der Waals surface area contributed by atoms with Gasteiger partial charge in [-0.25, -0.2) is 9.97 Å². The minimum absolute atomic E-state index is 0.0248. The van der Waals surface area contributed by atoms with E-state index in [2.05, 4.69) is 14.9 Å². The van der Waals surface area contributed by atoms with E-state index >= 15 is 0 Å². The lowest BCUT2D eigenvalue weighted by Gasteiger charge is -2.35. The second-order valence-electron chi connectivity index (χ2n) is 4.88. The fourth-order valence-electron chi connectivity index (χ4n) is 2.46. The van der Waals surface area contributed by atoms with Gasteiger partial charge in [-0.2, -0.15) is 0 Å². The van der Waals surface area contributed by atoms with Crippen molar-refractivity contribution < 1.29 is 13.9 Å². The molecule has 0 amide bonds. The second kappa shape index (κ2) is 6.13.